The summed E-state index contributed by atoms with van der Waals surface area (Å²) in [4.78, 5) is 27.5. The molecule has 0 bridgehead atoms. The predicted octanol–water partition coefficient (Wildman–Crippen LogP) is -0.395. The number of aliphatic hydroxyl groups is 1. The van der Waals surface area contributed by atoms with Crippen LogP contribution in [-0.4, -0.2) is 62.9 Å². The summed E-state index contributed by atoms with van der Waals surface area (Å²) in [5.41, 5.74) is -0.0261. The number of hydrogen-bond acceptors (Lipinski definition) is 4. The molecule has 8 heteroatoms. The van der Waals surface area contributed by atoms with Gasteiger partial charge < -0.3 is 25.0 Å². The Morgan fingerprint density at radius 2 is 2.26 bits per heavy atom. The molecule has 0 aliphatic carbocycles. The Labute approximate surface area is 110 Å². The number of amides is 2. The summed E-state index contributed by atoms with van der Waals surface area (Å²) in [6.45, 7) is 3.34. The van der Waals surface area contributed by atoms with Gasteiger partial charge in [0.15, 0.2) is 5.69 Å². The van der Waals surface area contributed by atoms with Gasteiger partial charge in [0.1, 0.15) is 0 Å². The molecule has 1 aromatic rings. The van der Waals surface area contributed by atoms with Gasteiger partial charge in [0.05, 0.1) is 12.9 Å². The van der Waals surface area contributed by atoms with Crippen LogP contribution in [0.15, 0.2) is 12.5 Å². The Kier molecular flexibility index (Phi) is 5.80. The Morgan fingerprint density at radius 1 is 1.53 bits per heavy atom. The summed E-state index contributed by atoms with van der Waals surface area (Å²) in [6, 6.07) is -0.255. The molecule has 106 valence electrons. The molecule has 0 aliphatic rings. The van der Waals surface area contributed by atoms with Crippen LogP contribution in [0.3, 0.4) is 0 Å². The monoisotopic (exact) mass is 270 g/mol. The van der Waals surface area contributed by atoms with E-state index in [0.717, 1.165) is 0 Å². The maximum absolute atomic E-state index is 11.7. The van der Waals surface area contributed by atoms with Crippen LogP contribution >= 0.6 is 0 Å². The number of hydrogen-bond donors (Lipinski definition) is 3. The largest absolute Gasteiger partial charge is 0.476 e. The van der Waals surface area contributed by atoms with Crippen LogP contribution in [0.5, 0.6) is 0 Å². The van der Waals surface area contributed by atoms with Crippen molar-refractivity contribution in [2.24, 2.45) is 0 Å². The van der Waals surface area contributed by atoms with Crippen molar-refractivity contribution in [3.05, 3.63) is 18.2 Å². The Balaban J connectivity index is 2.36. The SMILES string of the molecule is CCN(CCO)C(=O)NCCn1cnc(C(=O)O)c1. The Hall–Kier alpha value is -2.09. The molecule has 3 N–H and O–H groups in total. The number of carbonyl (C=O) groups excluding carboxylic acids is 1. The molecule has 2 amide bonds. The number of carboxylic acids is 1. The molecule has 0 saturated heterocycles. The average molecular weight is 270 g/mol. The maximum Gasteiger partial charge on any atom is 0.356 e. The van der Waals surface area contributed by atoms with E-state index in [0.29, 0.717) is 19.6 Å². The van der Waals surface area contributed by atoms with Crippen molar-refractivity contribution in [2.75, 3.05) is 26.2 Å². The van der Waals surface area contributed by atoms with Crippen LogP contribution in [-0.2, 0) is 6.54 Å². The molecular weight excluding hydrogens is 252 g/mol. The molecule has 0 saturated carbocycles. The number of rotatable bonds is 7. The van der Waals surface area contributed by atoms with Crippen LogP contribution in [0.2, 0.25) is 0 Å². The topological polar surface area (TPSA) is 108 Å². The third-order valence-corrected chi connectivity index (χ3v) is 2.54. The lowest BCUT2D eigenvalue weighted by Gasteiger charge is -2.20. The van der Waals surface area contributed by atoms with Gasteiger partial charge in [0, 0.05) is 32.4 Å². The number of carboxylic acid groups (broad SMARTS) is 1. The highest BCUT2D eigenvalue weighted by Crippen LogP contribution is 1.95. The third kappa shape index (κ3) is 4.59. The van der Waals surface area contributed by atoms with E-state index >= 15 is 0 Å². The number of imidazole rings is 1. The molecule has 1 rings (SSSR count). The Morgan fingerprint density at radius 3 is 2.79 bits per heavy atom. The average Bonchev–Trinajstić information content (AvgIpc) is 2.84. The van der Waals surface area contributed by atoms with Gasteiger partial charge in [-0.3, -0.25) is 0 Å². The molecule has 0 fully saturated rings. The highest BCUT2D eigenvalue weighted by Gasteiger charge is 2.10. The summed E-state index contributed by atoms with van der Waals surface area (Å²) in [5, 5.41) is 20.2. The minimum Gasteiger partial charge on any atom is -0.476 e. The van der Waals surface area contributed by atoms with Gasteiger partial charge in [-0.15, -0.1) is 0 Å². The first-order valence-electron chi connectivity index (χ1n) is 5.97. The van der Waals surface area contributed by atoms with Crippen molar-refractivity contribution in [3.8, 4) is 0 Å². The fraction of sp³-hybridized carbons (Fsp3) is 0.545. The number of aliphatic hydroxyl groups excluding tert-OH is 1. The van der Waals surface area contributed by atoms with Crippen LogP contribution in [0.1, 0.15) is 17.4 Å². The minimum absolute atomic E-state index is 0.0261. The molecule has 0 unspecified atom stereocenters. The fourth-order valence-electron chi connectivity index (χ4n) is 1.52. The lowest BCUT2D eigenvalue weighted by Crippen LogP contribution is -2.42. The van der Waals surface area contributed by atoms with Gasteiger partial charge in [-0.1, -0.05) is 0 Å². The van der Waals surface area contributed by atoms with Crippen molar-refractivity contribution in [1.82, 2.24) is 19.8 Å². The molecule has 19 heavy (non-hydrogen) atoms. The number of nitrogens with one attached hydrogen (secondary N) is 1. The predicted molar refractivity (Wildman–Crippen MR) is 66.9 cm³/mol. The van der Waals surface area contributed by atoms with Crippen molar-refractivity contribution in [1.29, 1.82) is 0 Å². The van der Waals surface area contributed by atoms with E-state index in [1.807, 2.05) is 6.92 Å². The first kappa shape index (κ1) is 15.0. The second-order valence-electron chi connectivity index (χ2n) is 3.84. The quantitative estimate of drug-likeness (QED) is 0.625. The molecule has 0 atom stereocenters. The van der Waals surface area contributed by atoms with Gasteiger partial charge in [-0.25, -0.2) is 14.6 Å². The summed E-state index contributed by atoms with van der Waals surface area (Å²) < 4.78 is 1.59. The summed E-state index contributed by atoms with van der Waals surface area (Å²) >= 11 is 0. The summed E-state index contributed by atoms with van der Waals surface area (Å²) in [5.74, 6) is -1.08. The molecule has 0 aliphatic heterocycles. The van der Waals surface area contributed by atoms with Crippen molar-refractivity contribution in [2.45, 2.75) is 13.5 Å². The van der Waals surface area contributed by atoms with E-state index in [1.165, 1.54) is 17.4 Å². The Bertz CT molecular complexity index is 432. The number of likely N-dealkylation sites (N-methyl/N-ethyl adjacent to an activating group) is 1. The molecule has 1 aromatic heterocycles. The van der Waals surface area contributed by atoms with Crippen molar-refractivity contribution < 1.29 is 19.8 Å². The van der Waals surface area contributed by atoms with E-state index < -0.39 is 5.97 Å². The minimum atomic E-state index is -1.08. The number of urea groups is 1. The number of carbonyl (C=O) groups is 2. The van der Waals surface area contributed by atoms with Gasteiger partial charge in [0.25, 0.3) is 0 Å². The molecular formula is C11H18N4O4. The molecule has 0 radical (unpaired) electrons. The van der Waals surface area contributed by atoms with Crippen LogP contribution in [0, 0.1) is 0 Å². The number of aromatic carboxylic acids is 1. The first-order chi connectivity index (χ1) is 9.08. The molecule has 0 spiro atoms. The number of aromatic nitrogens is 2. The van der Waals surface area contributed by atoms with Gasteiger partial charge in [-0.05, 0) is 6.92 Å². The first-order valence-corrected chi connectivity index (χ1v) is 5.97. The van der Waals surface area contributed by atoms with E-state index in [4.69, 9.17) is 10.2 Å². The van der Waals surface area contributed by atoms with Gasteiger partial charge in [-0.2, -0.15) is 0 Å². The van der Waals surface area contributed by atoms with Gasteiger partial charge >= 0.3 is 12.0 Å². The van der Waals surface area contributed by atoms with E-state index in [9.17, 15) is 9.59 Å². The standard InChI is InChI=1S/C11H18N4O4/c1-2-15(5-6-16)11(19)12-3-4-14-7-9(10(17)18)13-8-14/h7-8,16H,2-6H2,1H3,(H,12,19)(H,17,18). The van der Waals surface area contributed by atoms with E-state index in [-0.39, 0.29) is 24.9 Å². The zero-order valence-corrected chi connectivity index (χ0v) is 10.7. The highest BCUT2D eigenvalue weighted by atomic mass is 16.4. The fourth-order valence-corrected chi connectivity index (χ4v) is 1.52. The zero-order valence-electron chi connectivity index (χ0n) is 10.7. The van der Waals surface area contributed by atoms with Gasteiger partial charge in [0.2, 0.25) is 0 Å². The van der Waals surface area contributed by atoms with Crippen LogP contribution in [0.25, 0.3) is 0 Å². The third-order valence-electron chi connectivity index (χ3n) is 2.54. The maximum atomic E-state index is 11.7. The highest BCUT2D eigenvalue weighted by molar-refractivity contribution is 5.84. The lowest BCUT2D eigenvalue weighted by molar-refractivity contribution is 0.0691. The smallest absolute Gasteiger partial charge is 0.356 e. The second kappa shape index (κ2) is 7.37. The van der Waals surface area contributed by atoms with E-state index in [2.05, 4.69) is 10.3 Å². The van der Waals surface area contributed by atoms with Crippen LogP contribution < -0.4 is 5.32 Å². The number of nitrogens with zero attached hydrogens (tertiary/aromatic N) is 3. The van der Waals surface area contributed by atoms with Crippen LogP contribution in [0.4, 0.5) is 4.79 Å². The molecule has 8 nitrogen and oxygen atoms in total. The summed E-state index contributed by atoms with van der Waals surface area (Å²) in [7, 11) is 0. The van der Waals surface area contributed by atoms with E-state index in [1.54, 1.807) is 4.57 Å². The second-order valence-corrected chi connectivity index (χ2v) is 3.84. The molecule has 0 aromatic carbocycles. The molecule has 1 heterocycles. The van der Waals surface area contributed by atoms with Crippen molar-refractivity contribution >= 4 is 12.0 Å². The van der Waals surface area contributed by atoms with Crippen molar-refractivity contribution in [3.63, 3.8) is 0 Å². The lowest BCUT2D eigenvalue weighted by atomic mass is 10.5. The zero-order chi connectivity index (χ0) is 14.3. The summed E-state index contributed by atoms with van der Waals surface area (Å²) in [6.07, 6.45) is 2.81. The normalized spacial score (nSPS) is 10.2.